The van der Waals surface area contributed by atoms with Crippen LogP contribution in [0.15, 0.2) is 36.4 Å². The number of carbonyl (C=O) groups is 2. The van der Waals surface area contributed by atoms with Crippen LogP contribution in [0.25, 0.3) is 0 Å². The third-order valence-corrected chi connectivity index (χ3v) is 2.44. The number of amides is 2. The van der Waals surface area contributed by atoms with E-state index in [1.54, 1.807) is 0 Å². The zero-order valence-corrected chi connectivity index (χ0v) is 8.93. The van der Waals surface area contributed by atoms with Gasteiger partial charge in [-0.05, 0) is 18.1 Å². The molecule has 0 fully saturated rings. The molecule has 0 unspecified atom stereocenters. The predicted octanol–water partition coefficient (Wildman–Crippen LogP) is 1.50. The molecule has 82 valence electrons. The Bertz CT molecular complexity index is 448. The summed E-state index contributed by atoms with van der Waals surface area (Å²) in [7, 11) is 0. The van der Waals surface area contributed by atoms with Crippen molar-refractivity contribution in [3.05, 3.63) is 42.0 Å². The van der Waals surface area contributed by atoms with E-state index >= 15 is 0 Å². The Morgan fingerprint density at radius 2 is 1.75 bits per heavy atom. The van der Waals surface area contributed by atoms with Gasteiger partial charge < -0.3 is 0 Å². The summed E-state index contributed by atoms with van der Waals surface area (Å²) in [5, 5.41) is 1.01. The molecule has 0 spiro atoms. The largest absolute Gasteiger partial charge is 0.288 e. The van der Waals surface area contributed by atoms with E-state index in [0.717, 1.165) is 22.7 Å². The van der Waals surface area contributed by atoms with Gasteiger partial charge in [-0.25, -0.2) is 0 Å². The van der Waals surface area contributed by atoms with Gasteiger partial charge in [0.25, 0.3) is 11.8 Å². The van der Waals surface area contributed by atoms with Crippen LogP contribution in [0.2, 0.25) is 0 Å². The van der Waals surface area contributed by atoms with Crippen LogP contribution in [0.5, 0.6) is 0 Å². The lowest BCUT2D eigenvalue weighted by atomic mass is 10.1. The molecule has 0 aromatic heterocycles. The number of carbonyl (C=O) groups excluding carboxylic acids is 2. The molecule has 4 nitrogen and oxygen atoms in total. The summed E-state index contributed by atoms with van der Waals surface area (Å²) in [6.45, 7) is 2.02. The summed E-state index contributed by atoms with van der Waals surface area (Å²) in [5.41, 5.74) is 4.68. The van der Waals surface area contributed by atoms with Crippen LogP contribution in [-0.2, 0) is 16.0 Å². The molecule has 2 rings (SSSR count). The molecule has 4 heteroatoms. The number of para-hydroxylation sites is 1. The standard InChI is InChI=1S/C12H12N2O2/c1-2-9-5-3-4-6-10(9)13-14-11(15)7-8-12(14)16/h3-8,13H,2H2,1H3. The van der Waals surface area contributed by atoms with Crippen LogP contribution >= 0.6 is 0 Å². The molecular formula is C12H12N2O2. The van der Waals surface area contributed by atoms with E-state index in [4.69, 9.17) is 0 Å². The molecule has 0 saturated heterocycles. The number of imide groups is 1. The maximum atomic E-state index is 11.3. The molecule has 0 aliphatic carbocycles. The van der Waals surface area contributed by atoms with Gasteiger partial charge in [0.15, 0.2) is 0 Å². The van der Waals surface area contributed by atoms with Crippen molar-refractivity contribution in [1.82, 2.24) is 5.01 Å². The Kier molecular flexibility index (Phi) is 2.72. The first-order chi connectivity index (χ1) is 7.72. The lowest BCUT2D eigenvalue weighted by Crippen LogP contribution is -2.35. The van der Waals surface area contributed by atoms with Crippen molar-refractivity contribution in [3.8, 4) is 0 Å². The second kappa shape index (κ2) is 4.18. The average molecular weight is 216 g/mol. The quantitative estimate of drug-likeness (QED) is 0.779. The minimum absolute atomic E-state index is 0.337. The van der Waals surface area contributed by atoms with Crippen LogP contribution in [0, 0.1) is 0 Å². The predicted molar refractivity (Wildman–Crippen MR) is 60.4 cm³/mol. The highest BCUT2D eigenvalue weighted by Gasteiger charge is 2.23. The normalized spacial score (nSPS) is 14.7. The number of nitrogens with zero attached hydrogens (tertiary/aromatic N) is 1. The van der Waals surface area contributed by atoms with Gasteiger partial charge >= 0.3 is 0 Å². The molecule has 1 heterocycles. The van der Waals surface area contributed by atoms with E-state index in [9.17, 15) is 9.59 Å². The van der Waals surface area contributed by atoms with Crippen LogP contribution < -0.4 is 5.43 Å². The average Bonchev–Trinajstić information content (AvgIpc) is 2.61. The summed E-state index contributed by atoms with van der Waals surface area (Å²) < 4.78 is 0. The van der Waals surface area contributed by atoms with Gasteiger partial charge in [0.1, 0.15) is 0 Å². The molecule has 2 amide bonds. The molecule has 0 bridgehead atoms. The molecule has 1 N–H and O–H groups in total. The molecule has 0 radical (unpaired) electrons. The summed E-state index contributed by atoms with van der Waals surface area (Å²) in [6, 6.07) is 7.59. The summed E-state index contributed by atoms with van der Waals surface area (Å²) >= 11 is 0. The van der Waals surface area contributed by atoms with E-state index in [2.05, 4.69) is 5.43 Å². The molecule has 0 atom stereocenters. The monoisotopic (exact) mass is 216 g/mol. The van der Waals surface area contributed by atoms with Crippen LogP contribution in [-0.4, -0.2) is 16.8 Å². The van der Waals surface area contributed by atoms with Crippen molar-refractivity contribution in [1.29, 1.82) is 0 Å². The fourth-order valence-electron chi connectivity index (χ4n) is 1.57. The number of hydrogen-bond acceptors (Lipinski definition) is 3. The first kappa shape index (κ1) is 10.4. The van der Waals surface area contributed by atoms with Gasteiger partial charge in [0.2, 0.25) is 0 Å². The molecular weight excluding hydrogens is 204 g/mol. The number of aryl methyl sites for hydroxylation is 1. The van der Waals surface area contributed by atoms with Crippen LogP contribution in [0.4, 0.5) is 5.69 Å². The van der Waals surface area contributed by atoms with E-state index < -0.39 is 0 Å². The van der Waals surface area contributed by atoms with Crippen LogP contribution in [0.3, 0.4) is 0 Å². The third kappa shape index (κ3) is 1.82. The van der Waals surface area contributed by atoms with E-state index in [1.807, 2.05) is 31.2 Å². The van der Waals surface area contributed by atoms with Crippen molar-refractivity contribution < 1.29 is 9.59 Å². The van der Waals surface area contributed by atoms with Gasteiger partial charge in [-0.3, -0.25) is 15.0 Å². The van der Waals surface area contributed by atoms with Crippen molar-refractivity contribution in [2.75, 3.05) is 5.43 Å². The van der Waals surface area contributed by atoms with E-state index in [-0.39, 0.29) is 11.8 Å². The zero-order chi connectivity index (χ0) is 11.5. The minimum atomic E-state index is -0.337. The maximum absolute atomic E-state index is 11.3. The SMILES string of the molecule is CCc1ccccc1NN1C(=O)C=CC1=O. The Morgan fingerprint density at radius 1 is 1.12 bits per heavy atom. The summed E-state index contributed by atoms with van der Waals surface area (Å²) in [4.78, 5) is 22.7. The first-order valence-electron chi connectivity index (χ1n) is 5.13. The number of anilines is 1. The second-order valence-corrected chi connectivity index (χ2v) is 3.47. The maximum Gasteiger partial charge on any atom is 0.272 e. The lowest BCUT2D eigenvalue weighted by molar-refractivity contribution is -0.135. The number of hydrogen-bond donors (Lipinski definition) is 1. The first-order valence-corrected chi connectivity index (χ1v) is 5.13. The Labute approximate surface area is 93.5 Å². The Balaban J connectivity index is 2.21. The fraction of sp³-hybridized carbons (Fsp3) is 0.167. The number of benzene rings is 1. The van der Waals surface area contributed by atoms with Crippen LogP contribution in [0.1, 0.15) is 12.5 Å². The van der Waals surface area contributed by atoms with E-state index in [1.165, 1.54) is 12.2 Å². The highest BCUT2D eigenvalue weighted by Crippen LogP contribution is 2.17. The molecule has 1 aromatic rings. The minimum Gasteiger partial charge on any atom is -0.288 e. The number of rotatable bonds is 3. The second-order valence-electron chi connectivity index (χ2n) is 3.47. The molecule has 1 aliphatic heterocycles. The lowest BCUT2D eigenvalue weighted by Gasteiger charge is -2.18. The topological polar surface area (TPSA) is 49.4 Å². The van der Waals surface area contributed by atoms with E-state index in [0.29, 0.717) is 0 Å². The number of nitrogens with one attached hydrogen (secondary N) is 1. The Hall–Kier alpha value is -2.10. The highest BCUT2D eigenvalue weighted by molar-refractivity contribution is 6.13. The number of hydrazine groups is 1. The van der Waals surface area contributed by atoms with Gasteiger partial charge in [-0.1, -0.05) is 25.1 Å². The molecule has 1 aliphatic rings. The zero-order valence-electron chi connectivity index (χ0n) is 8.93. The van der Waals surface area contributed by atoms with Gasteiger partial charge in [-0.15, -0.1) is 0 Å². The highest BCUT2D eigenvalue weighted by atomic mass is 16.2. The molecule has 0 saturated carbocycles. The van der Waals surface area contributed by atoms with Crippen molar-refractivity contribution in [2.45, 2.75) is 13.3 Å². The van der Waals surface area contributed by atoms with Crippen molar-refractivity contribution >= 4 is 17.5 Å². The summed E-state index contributed by atoms with van der Waals surface area (Å²) in [5.74, 6) is -0.674. The third-order valence-electron chi connectivity index (χ3n) is 2.44. The smallest absolute Gasteiger partial charge is 0.272 e. The molecule has 1 aromatic carbocycles. The van der Waals surface area contributed by atoms with Crippen molar-refractivity contribution in [3.63, 3.8) is 0 Å². The molecule has 16 heavy (non-hydrogen) atoms. The van der Waals surface area contributed by atoms with Gasteiger partial charge in [0.05, 0.1) is 5.69 Å². The summed E-state index contributed by atoms with van der Waals surface area (Å²) in [6.07, 6.45) is 3.35. The Morgan fingerprint density at radius 3 is 2.38 bits per heavy atom. The van der Waals surface area contributed by atoms with Gasteiger partial charge in [-0.2, -0.15) is 5.01 Å². The van der Waals surface area contributed by atoms with Crippen molar-refractivity contribution in [2.24, 2.45) is 0 Å². The van der Waals surface area contributed by atoms with Gasteiger partial charge in [0, 0.05) is 12.2 Å². The fourth-order valence-corrected chi connectivity index (χ4v) is 1.57.